The highest BCUT2D eigenvalue weighted by Crippen LogP contribution is 2.48. The van der Waals surface area contributed by atoms with Gasteiger partial charge in [-0.1, -0.05) is 17.7 Å². The molecule has 2 aromatic rings. The van der Waals surface area contributed by atoms with Gasteiger partial charge in [-0.15, -0.1) is 0 Å². The Hall–Kier alpha value is -2.64. The number of amides is 1. The number of carbonyl (C=O) groups is 2. The molecule has 1 aromatic heterocycles. The van der Waals surface area contributed by atoms with Gasteiger partial charge in [0.05, 0.1) is 12.2 Å². The molecule has 1 fully saturated rings. The lowest BCUT2D eigenvalue weighted by atomic mass is 9.68. The fourth-order valence-electron chi connectivity index (χ4n) is 5.16. The van der Waals surface area contributed by atoms with Crippen molar-refractivity contribution in [1.82, 2.24) is 10.3 Å². The van der Waals surface area contributed by atoms with Crippen LogP contribution < -0.4 is 5.32 Å². The highest BCUT2D eigenvalue weighted by atomic mass is 16.5. The van der Waals surface area contributed by atoms with Gasteiger partial charge in [0.2, 0.25) is 5.91 Å². The summed E-state index contributed by atoms with van der Waals surface area (Å²) in [7, 11) is 0. The van der Waals surface area contributed by atoms with Crippen LogP contribution >= 0.6 is 0 Å². The van der Waals surface area contributed by atoms with E-state index in [1.54, 1.807) is 0 Å². The number of rotatable bonds is 3. The zero-order valence-corrected chi connectivity index (χ0v) is 17.7. The van der Waals surface area contributed by atoms with Crippen LogP contribution in [0.15, 0.2) is 29.8 Å². The number of ether oxygens (including phenoxy) is 1. The molecule has 4 rings (SSSR count). The number of allylic oxidation sites excluding steroid dienone is 1. The van der Waals surface area contributed by atoms with Crippen LogP contribution in [-0.4, -0.2) is 44.8 Å². The minimum absolute atomic E-state index is 0.0850. The van der Waals surface area contributed by atoms with E-state index in [1.807, 2.05) is 45.0 Å². The number of carboxylic acids is 1. The predicted molar refractivity (Wildman–Crippen MR) is 112 cm³/mol. The van der Waals surface area contributed by atoms with Crippen molar-refractivity contribution in [3.8, 4) is 0 Å². The van der Waals surface area contributed by atoms with Crippen molar-refractivity contribution in [2.45, 2.75) is 64.4 Å². The Bertz CT molecular complexity index is 1060. The molecular formula is C23H28N2O5. The number of fused-ring (bicyclic) bond motifs is 2. The first-order chi connectivity index (χ1) is 14.1. The smallest absolute Gasteiger partial charge is 0.352 e. The van der Waals surface area contributed by atoms with Crippen molar-refractivity contribution < 1.29 is 24.5 Å². The Labute approximate surface area is 175 Å². The van der Waals surface area contributed by atoms with Crippen LogP contribution in [0, 0.1) is 12.8 Å². The molecule has 30 heavy (non-hydrogen) atoms. The van der Waals surface area contributed by atoms with Gasteiger partial charge in [-0.2, -0.15) is 0 Å². The summed E-state index contributed by atoms with van der Waals surface area (Å²) in [6.07, 6.45) is 1.14. The maximum Gasteiger partial charge on any atom is 0.352 e. The van der Waals surface area contributed by atoms with E-state index in [2.05, 4.69) is 10.3 Å². The van der Waals surface area contributed by atoms with Crippen LogP contribution in [0.1, 0.15) is 61.3 Å². The van der Waals surface area contributed by atoms with Crippen molar-refractivity contribution in [2.24, 2.45) is 5.92 Å². The van der Waals surface area contributed by atoms with Crippen molar-refractivity contribution in [3.05, 3.63) is 46.7 Å². The Morgan fingerprint density at radius 3 is 2.70 bits per heavy atom. The topological polar surface area (TPSA) is 112 Å². The third kappa shape index (κ3) is 3.32. The molecule has 160 valence electrons. The van der Waals surface area contributed by atoms with Gasteiger partial charge in [0.15, 0.2) is 0 Å². The van der Waals surface area contributed by atoms with Crippen LogP contribution in [0.2, 0.25) is 0 Å². The maximum atomic E-state index is 12.0. The predicted octanol–water partition coefficient (Wildman–Crippen LogP) is 3.23. The normalized spacial score (nSPS) is 31.2. The summed E-state index contributed by atoms with van der Waals surface area (Å²) in [5, 5.41) is 24.6. The Morgan fingerprint density at radius 2 is 2.03 bits per heavy atom. The number of aromatic nitrogens is 1. The largest absolute Gasteiger partial charge is 0.477 e. The van der Waals surface area contributed by atoms with Crippen molar-refractivity contribution in [3.63, 3.8) is 0 Å². The van der Waals surface area contributed by atoms with Gasteiger partial charge in [0.1, 0.15) is 11.8 Å². The molecule has 0 bridgehead atoms. The van der Waals surface area contributed by atoms with Gasteiger partial charge in [-0.25, -0.2) is 4.79 Å². The molecule has 5 atom stereocenters. The summed E-state index contributed by atoms with van der Waals surface area (Å²) in [6, 6.07) is 5.73. The van der Waals surface area contributed by atoms with Gasteiger partial charge in [-0.3, -0.25) is 4.79 Å². The summed E-state index contributed by atoms with van der Waals surface area (Å²) in [5.41, 5.74) is 2.56. The first-order valence-electron chi connectivity index (χ1n) is 10.2. The molecular weight excluding hydrogens is 384 g/mol. The second-order valence-electron chi connectivity index (χ2n) is 8.90. The first kappa shape index (κ1) is 20.6. The molecule has 1 aliphatic heterocycles. The molecule has 2 aliphatic rings. The quantitative estimate of drug-likeness (QED) is 0.579. The van der Waals surface area contributed by atoms with E-state index in [1.165, 1.54) is 6.92 Å². The van der Waals surface area contributed by atoms with Gasteiger partial charge in [0, 0.05) is 41.3 Å². The second-order valence-corrected chi connectivity index (χ2v) is 8.90. The highest BCUT2D eigenvalue weighted by molar-refractivity contribution is 5.98. The summed E-state index contributed by atoms with van der Waals surface area (Å²) < 4.78 is 6.41. The molecule has 0 spiro atoms. The summed E-state index contributed by atoms with van der Waals surface area (Å²) in [5.74, 6) is -1.34. The molecule has 1 aliphatic carbocycles. The van der Waals surface area contributed by atoms with E-state index in [4.69, 9.17) is 4.74 Å². The van der Waals surface area contributed by atoms with Crippen LogP contribution in [0.25, 0.3) is 10.9 Å². The Morgan fingerprint density at radius 1 is 1.30 bits per heavy atom. The molecule has 2 heterocycles. The van der Waals surface area contributed by atoms with Crippen LogP contribution in [0.3, 0.4) is 0 Å². The fourth-order valence-corrected chi connectivity index (χ4v) is 5.16. The molecule has 0 radical (unpaired) electrons. The van der Waals surface area contributed by atoms with Gasteiger partial charge < -0.3 is 25.3 Å². The number of carbonyl (C=O) groups excluding carboxylic acids is 1. The van der Waals surface area contributed by atoms with E-state index in [0.717, 1.165) is 22.0 Å². The number of aromatic amines is 1. The third-order valence-electron chi connectivity index (χ3n) is 6.61. The van der Waals surface area contributed by atoms with E-state index >= 15 is 0 Å². The van der Waals surface area contributed by atoms with Crippen LogP contribution in [0.5, 0.6) is 0 Å². The molecule has 7 heteroatoms. The number of carboxylic acid groups (broad SMARTS) is 1. The average molecular weight is 412 g/mol. The monoisotopic (exact) mass is 412 g/mol. The van der Waals surface area contributed by atoms with E-state index in [0.29, 0.717) is 18.4 Å². The minimum Gasteiger partial charge on any atom is -0.477 e. The SMILES string of the molecule is CC(=O)N[C@@]1(C)C[C@@H](c2c(C(=O)O)[nH]c3ccc(C)cc23)O[C@H]2[C@H](O)C(C)=CC[C@H]21. The number of aliphatic hydroxyl groups excluding tert-OH is 1. The minimum atomic E-state index is -1.06. The fraction of sp³-hybridized carbons (Fsp3) is 0.478. The maximum absolute atomic E-state index is 12.0. The molecule has 1 aromatic carbocycles. The Kier molecular flexibility index (Phi) is 4.98. The molecule has 7 nitrogen and oxygen atoms in total. The molecule has 0 unspecified atom stereocenters. The lowest BCUT2D eigenvalue weighted by Gasteiger charge is -2.52. The number of hydrogen-bond donors (Lipinski definition) is 4. The number of benzene rings is 1. The van der Waals surface area contributed by atoms with Gasteiger partial charge in [0.25, 0.3) is 0 Å². The van der Waals surface area contributed by atoms with Crippen molar-refractivity contribution >= 4 is 22.8 Å². The van der Waals surface area contributed by atoms with Crippen LogP contribution in [0.4, 0.5) is 0 Å². The van der Waals surface area contributed by atoms with Crippen molar-refractivity contribution in [1.29, 1.82) is 0 Å². The van der Waals surface area contributed by atoms with Gasteiger partial charge >= 0.3 is 5.97 Å². The standard InChI is InChI=1S/C23H28N2O5/c1-11-5-8-16-14(9-11)18(19(24-16)22(28)29)17-10-23(4,25-13(3)26)15-7-6-12(2)20(27)21(15)30-17/h5-6,8-9,15,17,20-21,24,27H,7,10H2,1-4H3,(H,25,26)(H,28,29)/t15-,17+,20-,21-,23+/m1/s1. The highest BCUT2D eigenvalue weighted by Gasteiger charge is 2.51. The first-order valence-corrected chi connectivity index (χ1v) is 10.2. The second kappa shape index (κ2) is 7.25. The number of aromatic carboxylic acids is 1. The van der Waals surface area contributed by atoms with E-state index in [9.17, 15) is 19.8 Å². The summed E-state index contributed by atoms with van der Waals surface area (Å²) in [6.45, 7) is 7.25. The number of hydrogen-bond acceptors (Lipinski definition) is 4. The van der Waals surface area contributed by atoms with E-state index in [-0.39, 0.29) is 17.5 Å². The molecule has 4 N–H and O–H groups in total. The lowest BCUT2D eigenvalue weighted by molar-refractivity contribution is -0.165. The summed E-state index contributed by atoms with van der Waals surface area (Å²) in [4.78, 5) is 27.1. The molecule has 1 saturated heterocycles. The van der Waals surface area contributed by atoms with Crippen LogP contribution in [-0.2, 0) is 9.53 Å². The zero-order valence-electron chi connectivity index (χ0n) is 17.7. The molecule has 0 saturated carbocycles. The number of aryl methyl sites for hydroxylation is 1. The van der Waals surface area contributed by atoms with Crippen molar-refractivity contribution in [2.75, 3.05) is 0 Å². The average Bonchev–Trinajstić information content (AvgIpc) is 3.03. The molecule has 1 amide bonds. The summed E-state index contributed by atoms with van der Waals surface area (Å²) >= 11 is 0. The van der Waals surface area contributed by atoms with Gasteiger partial charge in [-0.05, 0) is 44.9 Å². The number of nitrogens with one attached hydrogen (secondary N) is 2. The Balaban J connectivity index is 1.86. The number of H-pyrrole nitrogens is 1. The third-order valence-corrected chi connectivity index (χ3v) is 6.61. The number of aliphatic hydroxyl groups is 1. The van der Waals surface area contributed by atoms with E-state index < -0.39 is 29.8 Å². The zero-order chi connectivity index (χ0) is 21.8. The lowest BCUT2D eigenvalue weighted by Crippen LogP contribution is -2.62.